The fourth-order valence-electron chi connectivity index (χ4n) is 4.10. The Morgan fingerprint density at radius 3 is 2.76 bits per heavy atom. The van der Waals surface area contributed by atoms with Crippen LogP contribution in [-0.4, -0.2) is 37.1 Å². The van der Waals surface area contributed by atoms with E-state index in [9.17, 15) is 5.26 Å². The second kappa shape index (κ2) is 9.05. The summed E-state index contributed by atoms with van der Waals surface area (Å²) in [7, 11) is 0. The molecule has 2 aromatic carbocycles. The van der Waals surface area contributed by atoms with Crippen LogP contribution in [0, 0.1) is 18.3 Å². The van der Waals surface area contributed by atoms with Gasteiger partial charge in [-0.05, 0) is 59.9 Å². The van der Waals surface area contributed by atoms with Crippen molar-refractivity contribution in [2.45, 2.75) is 31.8 Å². The lowest BCUT2D eigenvalue weighted by Crippen LogP contribution is -2.38. The van der Waals surface area contributed by atoms with E-state index >= 15 is 0 Å². The predicted octanol–water partition coefficient (Wildman–Crippen LogP) is 5.05. The Balaban J connectivity index is 1.35. The second-order valence-corrected chi connectivity index (χ2v) is 8.66. The fraction of sp³-hybridized carbons (Fsp3) is 0.296. The largest absolute Gasteiger partial charge is 0.484 e. The predicted molar refractivity (Wildman–Crippen MR) is 129 cm³/mol. The maximum atomic E-state index is 9.28. The SMILES string of the molecule is Cc1ccc(-c2cccc(C(C)C#N)c2)cc1N1CC(c2cncc(OC3COC3)c2)C=N1. The van der Waals surface area contributed by atoms with Gasteiger partial charge in [-0.1, -0.05) is 30.3 Å². The molecule has 3 aromatic rings. The van der Waals surface area contributed by atoms with Crippen molar-refractivity contribution in [2.24, 2.45) is 5.10 Å². The molecule has 2 aliphatic rings. The Bertz CT molecular complexity index is 1230. The van der Waals surface area contributed by atoms with E-state index in [1.54, 1.807) is 6.20 Å². The van der Waals surface area contributed by atoms with Crippen molar-refractivity contribution >= 4 is 11.9 Å². The topological polar surface area (TPSA) is 70.7 Å². The van der Waals surface area contributed by atoms with Crippen LogP contribution >= 0.6 is 0 Å². The third-order valence-corrected chi connectivity index (χ3v) is 6.23. The van der Waals surface area contributed by atoms with E-state index in [1.165, 1.54) is 5.56 Å². The van der Waals surface area contributed by atoms with E-state index in [0.29, 0.717) is 13.2 Å². The molecule has 0 saturated carbocycles. The Morgan fingerprint density at radius 1 is 1.12 bits per heavy atom. The van der Waals surface area contributed by atoms with Gasteiger partial charge in [0.2, 0.25) is 0 Å². The molecule has 166 valence electrons. The van der Waals surface area contributed by atoms with E-state index in [2.05, 4.69) is 59.4 Å². The quantitative estimate of drug-likeness (QED) is 0.539. The van der Waals surface area contributed by atoms with Gasteiger partial charge in [0.25, 0.3) is 0 Å². The molecule has 5 rings (SSSR count). The molecule has 1 fully saturated rings. The number of ether oxygens (including phenoxy) is 2. The van der Waals surface area contributed by atoms with Crippen LogP contribution < -0.4 is 9.75 Å². The molecular weight excluding hydrogens is 412 g/mol. The number of nitrogens with zero attached hydrogens (tertiary/aromatic N) is 4. The Morgan fingerprint density at radius 2 is 1.97 bits per heavy atom. The molecular formula is C27H26N4O2. The zero-order valence-electron chi connectivity index (χ0n) is 18.8. The number of hydrogen-bond acceptors (Lipinski definition) is 6. The molecule has 1 aromatic heterocycles. The van der Waals surface area contributed by atoms with Gasteiger partial charge < -0.3 is 9.47 Å². The summed E-state index contributed by atoms with van der Waals surface area (Å²) in [6.45, 7) is 6.04. The van der Waals surface area contributed by atoms with E-state index < -0.39 is 0 Å². The maximum Gasteiger partial charge on any atom is 0.145 e. The van der Waals surface area contributed by atoms with Crippen molar-refractivity contribution in [3.8, 4) is 22.9 Å². The van der Waals surface area contributed by atoms with Crippen LogP contribution in [0.3, 0.4) is 0 Å². The summed E-state index contributed by atoms with van der Waals surface area (Å²) in [6, 6.07) is 19.0. The minimum absolute atomic E-state index is 0.121. The highest BCUT2D eigenvalue weighted by molar-refractivity contribution is 5.77. The molecule has 2 unspecified atom stereocenters. The van der Waals surface area contributed by atoms with Crippen LogP contribution in [0.4, 0.5) is 5.69 Å². The van der Waals surface area contributed by atoms with Crippen LogP contribution in [0.2, 0.25) is 0 Å². The summed E-state index contributed by atoms with van der Waals surface area (Å²) in [5, 5.41) is 16.0. The van der Waals surface area contributed by atoms with Crippen molar-refractivity contribution in [3.05, 3.63) is 77.6 Å². The normalized spacial score (nSPS) is 18.6. The van der Waals surface area contributed by atoms with Gasteiger partial charge in [0, 0.05) is 18.3 Å². The maximum absolute atomic E-state index is 9.28. The summed E-state index contributed by atoms with van der Waals surface area (Å²) in [6.07, 6.45) is 5.74. The first kappa shape index (κ1) is 21.2. The van der Waals surface area contributed by atoms with Gasteiger partial charge in [-0.15, -0.1) is 0 Å². The van der Waals surface area contributed by atoms with E-state index in [1.807, 2.05) is 31.5 Å². The average Bonchev–Trinajstić information content (AvgIpc) is 3.32. The third-order valence-electron chi connectivity index (χ3n) is 6.23. The molecule has 33 heavy (non-hydrogen) atoms. The number of aromatic nitrogens is 1. The average molecular weight is 439 g/mol. The fourth-order valence-corrected chi connectivity index (χ4v) is 4.10. The lowest BCUT2D eigenvalue weighted by Gasteiger charge is -2.26. The first-order valence-corrected chi connectivity index (χ1v) is 11.2. The number of hydrazone groups is 1. The Labute approximate surface area is 194 Å². The number of benzene rings is 2. The smallest absolute Gasteiger partial charge is 0.145 e. The van der Waals surface area contributed by atoms with Gasteiger partial charge in [0.15, 0.2) is 0 Å². The molecule has 0 radical (unpaired) electrons. The molecule has 0 N–H and O–H groups in total. The number of hydrogen-bond donors (Lipinski definition) is 0. The molecule has 0 amide bonds. The molecule has 0 aliphatic carbocycles. The highest BCUT2D eigenvalue weighted by atomic mass is 16.6. The number of rotatable bonds is 6. The van der Waals surface area contributed by atoms with Crippen LogP contribution in [0.25, 0.3) is 11.1 Å². The molecule has 0 spiro atoms. The van der Waals surface area contributed by atoms with Crippen molar-refractivity contribution in [2.75, 3.05) is 24.8 Å². The van der Waals surface area contributed by atoms with Gasteiger partial charge in [-0.25, -0.2) is 0 Å². The first-order valence-electron chi connectivity index (χ1n) is 11.2. The third kappa shape index (κ3) is 4.46. The van der Waals surface area contributed by atoms with Gasteiger partial charge >= 0.3 is 0 Å². The minimum atomic E-state index is -0.135. The molecule has 2 atom stereocenters. The number of pyridine rings is 1. The van der Waals surface area contributed by atoms with Crippen molar-refractivity contribution < 1.29 is 9.47 Å². The molecule has 3 heterocycles. The van der Waals surface area contributed by atoms with E-state index in [0.717, 1.165) is 40.2 Å². The lowest BCUT2D eigenvalue weighted by atomic mass is 9.96. The molecule has 6 heteroatoms. The van der Waals surface area contributed by atoms with Gasteiger partial charge in [-0.3, -0.25) is 9.99 Å². The van der Waals surface area contributed by atoms with Crippen LogP contribution in [-0.2, 0) is 4.74 Å². The monoisotopic (exact) mass is 438 g/mol. The first-order chi connectivity index (χ1) is 16.1. The standard InChI is InChI=1S/C27H26N4O2/c1-18-6-7-22(21-5-3-4-20(8-21)19(2)11-28)10-27(18)31-15-24(13-30-31)23-9-25(14-29-12-23)33-26-16-32-17-26/h3-10,12-14,19,24,26H,15-17H2,1-2H3. The highest BCUT2D eigenvalue weighted by Crippen LogP contribution is 2.33. The highest BCUT2D eigenvalue weighted by Gasteiger charge is 2.24. The second-order valence-electron chi connectivity index (χ2n) is 8.66. The van der Waals surface area contributed by atoms with E-state index in [4.69, 9.17) is 14.6 Å². The lowest BCUT2D eigenvalue weighted by molar-refractivity contribution is -0.0798. The number of nitriles is 1. The van der Waals surface area contributed by atoms with Crippen LogP contribution in [0.15, 0.2) is 66.0 Å². The van der Waals surface area contributed by atoms with Crippen molar-refractivity contribution in [1.29, 1.82) is 5.26 Å². The number of aryl methyl sites for hydroxylation is 1. The summed E-state index contributed by atoms with van der Waals surface area (Å²) in [5.74, 6) is 0.780. The minimum Gasteiger partial charge on any atom is -0.484 e. The van der Waals surface area contributed by atoms with E-state index in [-0.39, 0.29) is 17.9 Å². The Kier molecular flexibility index (Phi) is 5.80. The molecule has 6 nitrogen and oxygen atoms in total. The molecule has 1 saturated heterocycles. The summed E-state index contributed by atoms with van der Waals surface area (Å²) < 4.78 is 11.1. The van der Waals surface area contributed by atoms with Crippen LogP contribution in [0.5, 0.6) is 5.75 Å². The summed E-state index contributed by atoms with van der Waals surface area (Å²) in [4.78, 5) is 4.37. The van der Waals surface area contributed by atoms with Crippen molar-refractivity contribution in [3.63, 3.8) is 0 Å². The number of anilines is 1. The molecule has 2 aliphatic heterocycles. The Hall–Kier alpha value is -3.69. The molecule has 0 bridgehead atoms. The zero-order valence-corrected chi connectivity index (χ0v) is 18.8. The zero-order chi connectivity index (χ0) is 22.8. The summed E-state index contributed by atoms with van der Waals surface area (Å²) >= 11 is 0. The van der Waals surface area contributed by atoms with Gasteiger partial charge in [-0.2, -0.15) is 10.4 Å². The summed E-state index contributed by atoms with van der Waals surface area (Å²) in [5.41, 5.74) is 6.58. The van der Waals surface area contributed by atoms with Crippen molar-refractivity contribution in [1.82, 2.24) is 4.98 Å². The van der Waals surface area contributed by atoms with Gasteiger partial charge in [0.1, 0.15) is 11.9 Å². The van der Waals surface area contributed by atoms with Gasteiger partial charge in [0.05, 0.1) is 43.6 Å². The van der Waals surface area contributed by atoms with Crippen LogP contribution in [0.1, 0.15) is 35.4 Å².